The predicted octanol–water partition coefficient (Wildman–Crippen LogP) is 2.69. The molecule has 550 valence electrons. The third-order valence-electron chi connectivity index (χ3n) is 17.0. The van der Waals surface area contributed by atoms with Gasteiger partial charge < -0.3 is 70.7 Å². The molecule has 12 amide bonds. The summed E-state index contributed by atoms with van der Waals surface area (Å²) in [7, 11) is 10.9. The number of esters is 1. The number of amides is 12. The fourth-order valence-corrected chi connectivity index (χ4v) is 11.6. The zero-order valence-corrected chi connectivity index (χ0v) is 63.4. The number of halogens is 1. The summed E-state index contributed by atoms with van der Waals surface area (Å²) >= 11 is 9.92. The number of rotatable bonds is 41. The van der Waals surface area contributed by atoms with Crippen LogP contribution in [0.5, 0.6) is 0 Å². The number of aliphatic hydroxyl groups excluding tert-OH is 1. The Morgan fingerprint density at radius 1 is 0.490 bits per heavy atom. The van der Waals surface area contributed by atoms with Gasteiger partial charge in [-0.15, -0.1) is 18.2 Å². The summed E-state index contributed by atoms with van der Waals surface area (Å²) in [5, 5.41) is 25.2. The van der Waals surface area contributed by atoms with Gasteiger partial charge in [-0.05, 0) is 93.8 Å². The third-order valence-corrected chi connectivity index (χ3v) is 17.6. The average molecular weight is 1400 g/mol. The van der Waals surface area contributed by atoms with Gasteiger partial charge in [-0.1, -0.05) is 103 Å². The summed E-state index contributed by atoms with van der Waals surface area (Å²) in [6.07, 6.45) is 0.892. The average Bonchev–Trinajstić information content (AvgIpc) is 0.810. The number of allylic oxidation sites excluding steroid dienone is 1. The molecule has 6 N–H and O–H groups in total. The van der Waals surface area contributed by atoms with Crippen molar-refractivity contribution in [3.8, 4) is 0 Å². The first-order chi connectivity index (χ1) is 44.4. The highest BCUT2D eigenvalue weighted by atomic mass is 35.5. The predicted molar refractivity (Wildman–Crippen MR) is 372 cm³/mol. The maximum Gasteiger partial charge on any atom is 0.329 e. The summed E-state index contributed by atoms with van der Waals surface area (Å²) in [4.78, 5) is 190. The number of ether oxygens (including phenoxy) is 1. The van der Waals surface area contributed by atoms with Crippen molar-refractivity contribution in [2.24, 2.45) is 41.4 Å². The minimum atomic E-state index is -1.64. The first-order valence-electron chi connectivity index (χ1n) is 33.3. The van der Waals surface area contributed by atoms with E-state index in [-0.39, 0.29) is 67.4 Å². The van der Waals surface area contributed by atoms with Gasteiger partial charge >= 0.3 is 5.97 Å². The molecule has 0 spiro atoms. The van der Waals surface area contributed by atoms with Crippen molar-refractivity contribution in [1.29, 1.82) is 0 Å². The van der Waals surface area contributed by atoms with Gasteiger partial charge in [0.05, 0.1) is 19.8 Å². The molecule has 13 atom stereocenters. The summed E-state index contributed by atoms with van der Waals surface area (Å²) in [6.45, 7) is 31.1. The van der Waals surface area contributed by atoms with Crippen molar-refractivity contribution >= 4 is 101 Å². The highest BCUT2D eigenvalue weighted by Gasteiger charge is 2.45. The van der Waals surface area contributed by atoms with Crippen LogP contribution in [0.2, 0.25) is 0 Å². The van der Waals surface area contributed by atoms with Crippen LogP contribution in [0.1, 0.15) is 149 Å². The molecule has 0 saturated heterocycles. The van der Waals surface area contributed by atoms with Gasteiger partial charge in [-0.3, -0.25) is 57.5 Å². The molecule has 0 aromatic rings. The molecule has 0 bridgehead atoms. The second-order valence-electron chi connectivity index (χ2n) is 27.8. The van der Waals surface area contributed by atoms with E-state index in [2.05, 4.69) is 45.8 Å². The van der Waals surface area contributed by atoms with Gasteiger partial charge in [0, 0.05) is 55.1 Å². The van der Waals surface area contributed by atoms with E-state index in [1.54, 1.807) is 41.5 Å². The van der Waals surface area contributed by atoms with Crippen molar-refractivity contribution < 1.29 is 72.2 Å². The number of alkyl halides is 1. The SMILES string of the molecule is C=CC[C@@H](C)[C@@H](O)[C@@H](C(=O)N[C@@H](CC)C(=O)N(C)CC(=O)N[C@@H](CS)C(=O)OC)N(C)C(=O)[C@H](C(C)C)N(C)C(=O)[C@H](CC(C)C)N(C)C(=O)[C@H](CC(C)C)N(C)C(=O)[C@@H](C)NC(=O)[C@H](C)NC(=O)[C@H](CC(C)C)N(C)C(=O)[C@@H](NC(=O)[C@H](CC(C)C)N(C)C(=O)CCl)C(C)C. The van der Waals surface area contributed by atoms with Gasteiger partial charge in [0.15, 0.2) is 0 Å². The number of hydrogen-bond acceptors (Lipinski definition) is 16. The number of nitrogens with zero attached hydrogens (tertiary/aromatic N) is 7. The smallest absolute Gasteiger partial charge is 0.329 e. The zero-order valence-electron chi connectivity index (χ0n) is 61.7. The van der Waals surface area contributed by atoms with E-state index in [9.17, 15) is 53.1 Å². The number of carbonyl (C=O) groups excluding carboxylic acids is 13. The molecular weight excluding hydrogens is 1280 g/mol. The van der Waals surface area contributed by atoms with E-state index >= 15 is 14.4 Å². The number of thiol groups is 1. The summed E-state index contributed by atoms with van der Waals surface area (Å²) in [5.74, 6) is -11.5. The Balaban J connectivity index is 7.01. The van der Waals surface area contributed by atoms with Crippen molar-refractivity contribution in [3.05, 3.63) is 12.7 Å². The van der Waals surface area contributed by atoms with Gasteiger partial charge in [0.2, 0.25) is 70.9 Å². The van der Waals surface area contributed by atoms with Crippen molar-refractivity contribution in [3.63, 3.8) is 0 Å². The Morgan fingerprint density at radius 3 is 1.34 bits per heavy atom. The van der Waals surface area contributed by atoms with Crippen LogP contribution in [0.25, 0.3) is 0 Å². The van der Waals surface area contributed by atoms with Crippen LogP contribution in [-0.4, -0.2) is 263 Å². The number of likely N-dealkylation sites (N-methyl/N-ethyl adjacent to an activating group) is 7. The second-order valence-corrected chi connectivity index (χ2v) is 28.4. The molecule has 0 unspecified atom stereocenters. The Morgan fingerprint density at radius 2 is 0.917 bits per heavy atom. The van der Waals surface area contributed by atoms with Gasteiger partial charge in [0.25, 0.3) is 0 Å². The summed E-state index contributed by atoms with van der Waals surface area (Å²) in [5.41, 5.74) is 0. The minimum absolute atomic E-state index is 0.000335. The fourth-order valence-electron chi connectivity index (χ4n) is 11.2. The van der Waals surface area contributed by atoms with E-state index in [4.69, 9.17) is 16.3 Å². The second kappa shape index (κ2) is 42.3. The standard InChI is InChI=1S/C67H119ClN12O15S/c1-26-28-42(15)56(83)55(60(87)72-45(27-2)62(89)74(18)34-51(81)71-46(35-96)67(94)95-25)80(24)66(93)54(41(13)14)79(23)64(91)50(32-39(9)10)78(22)63(90)49(31-38(7)8)77(21)61(88)44(17)70-57(84)43(16)69-58(85)48(30-37(5)6)76(20)65(92)53(40(11)12)73-59(86)47(29-36(3)4)75(19)52(82)33-68/h26,36-50,53-56,83,96H,1,27-35H2,2-25H3,(H,69,85)(H,70,84)(H,71,81)(H,72,87)(H,73,86)/t42-,43+,44-,45+,46+,47+,48+,49+,50+,53+,54+,55+,56-/m1/s1. The number of hydrogen-bond donors (Lipinski definition) is 7. The van der Waals surface area contributed by atoms with E-state index in [0.29, 0.717) is 6.42 Å². The lowest BCUT2D eigenvalue weighted by Crippen LogP contribution is -2.63. The van der Waals surface area contributed by atoms with Crippen LogP contribution >= 0.6 is 24.2 Å². The Labute approximate surface area is 582 Å². The molecule has 0 heterocycles. The van der Waals surface area contributed by atoms with Crippen molar-refractivity contribution in [2.75, 3.05) is 74.6 Å². The molecule has 27 nitrogen and oxygen atoms in total. The molecule has 0 radical (unpaired) electrons. The quantitative estimate of drug-likeness (QED) is 0.0200. The third kappa shape index (κ3) is 26.7. The van der Waals surface area contributed by atoms with E-state index < -0.39 is 174 Å². The number of methoxy groups -OCH3 is 1. The summed E-state index contributed by atoms with van der Waals surface area (Å²) < 4.78 is 4.70. The molecule has 0 aromatic carbocycles. The van der Waals surface area contributed by atoms with Gasteiger partial charge in [-0.25, -0.2) is 4.79 Å². The first kappa shape index (κ1) is 89.5. The van der Waals surface area contributed by atoms with Crippen LogP contribution in [-0.2, 0) is 67.1 Å². The van der Waals surface area contributed by atoms with Gasteiger partial charge in [0.1, 0.15) is 72.3 Å². The van der Waals surface area contributed by atoms with Crippen LogP contribution in [0, 0.1) is 41.4 Å². The maximum atomic E-state index is 15.1. The lowest BCUT2D eigenvalue weighted by molar-refractivity contribution is -0.157. The van der Waals surface area contributed by atoms with Crippen molar-refractivity contribution in [1.82, 2.24) is 60.9 Å². The van der Waals surface area contributed by atoms with Crippen LogP contribution in [0.3, 0.4) is 0 Å². The van der Waals surface area contributed by atoms with Crippen LogP contribution in [0.15, 0.2) is 12.7 Å². The number of nitrogens with one attached hydrogen (secondary N) is 5. The monoisotopic (exact) mass is 1400 g/mol. The molecular formula is C67H119ClN12O15S. The van der Waals surface area contributed by atoms with Crippen LogP contribution < -0.4 is 26.6 Å². The lowest BCUT2D eigenvalue weighted by atomic mass is 9.91. The zero-order chi connectivity index (χ0) is 74.8. The normalized spacial score (nSPS) is 15.6. The Bertz CT molecular complexity index is 2650. The molecule has 0 aliphatic heterocycles. The van der Waals surface area contributed by atoms with E-state index in [1.807, 2.05) is 55.4 Å². The molecule has 0 aliphatic carbocycles. The Kier molecular flexibility index (Phi) is 39.4. The highest BCUT2D eigenvalue weighted by molar-refractivity contribution is 7.80. The minimum Gasteiger partial charge on any atom is -0.467 e. The van der Waals surface area contributed by atoms with Crippen molar-refractivity contribution in [2.45, 2.75) is 222 Å². The molecule has 0 fully saturated rings. The molecule has 0 rings (SSSR count). The molecule has 96 heavy (non-hydrogen) atoms. The number of aliphatic hydroxyl groups is 1. The fraction of sp³-hybridized carbons (Fsp3) is 0.776. The highest BCUT2D eigenvalue weighted by Crippen LogP contribution is 2.26. The lowest BCUT2D eigenvalue weighted by Gasteiger charge is -2.41. The molecule has 0 aromatic heterocycles. The largest absolute Gasteiger partial charge is 0.467 e. The molecule has 0 saturated carbocycles. The molecule has 29 heteroatoms. The number of carbonyl (C=O) groups is 13. The van der Waals surface area contributed by atoms with Crippen LogP contribution in [0.4, 0.5) is 0 Å². The van der Waals surface area contributed by atoms with E-state index in [0.717, 1.165) is 16.9 Å². The topological polar surface area (TPSA) is 334 Å². The van der Waals surface area contributed by atoms with E-state index in [1.165, 1.54) is 93.8 Å². The van der Waals surface area contributed by atoms with Gasteiger partial charge in [-0.2, -0.15) is 12.6 Å². The maximum absolute atomic E-state index is 15.1. The summed E-state index contributed by atoms with van der Waals surface area (Å²) in [6, 6.07) is -13.4. The Hall–Kier alpha value is -6.55. The first-order valence-corrected chi connectivity index (χ1v) is 34.4. The molecule has 0 aliphatic rings.